The van der Waals surface area contributed by atoms with Gasteiger partial charge in [0.15, 0.2) is 0 Å². The maximum Gasteiger partial charge on any atom is 0.240 e. The summed E-state index contributed by atoms with van der Waals surface area (Å²) in [5.41, 5.74) is 2.92. The summed E-state index contributed by atoms with van der Waals surface area (Å²) in [6.07, 6.45) is 0. The van der Waals surface area contributed by atoms with Crippen LogP contribution in [0.4, 0.5) is 0 Å². The van der Waals surface area contributed by atoms with Gasteiger partial charge in [-0.15, -0.1) is 5.10 Å². The fourth-order valence-electron chi connectivity index (χ4n) is 2.90. The molecule has 7 heteroatoms. The zero-order chi connectivity index (χ0) is 19.2. The molecule has 0 saturated carbocycles. The van der Waals surface area contributed by atoms with Crippen LogP contribution in [-0.4, -0.2) is 44.1 Å². The van der Waals surface area contributed by atoms with Crippen molar-refractivity contribution in [2.45, 2.75) is 31.2 Å². The number of carbonyl (C=O) groups excluding carboxylic acids is 1. The zero-order valence-electron chi connectivity index (χ0n) is 15.7. The van der Waals surface area contributed by atoms with Gasteiger partial charge in [0.25, 0.3) is 0 Å². The summed E-state index contributed by atoms with van der Waals surface area (Å²) in [5, 5.41) is 12.4. The third kappa shape index (κ3) is 4.19. The number of aryl methyl sites for hydroxylation is 1. The Morgan fingerprint density at radius 1 is 1.07 bits per heavy atom. The van der Waals surface area contributed by atoms with Crippen LogP contribution in [0.15, 0.2) is 59.8 Å². The molecule has 1 unspecified atom stereocenters. The van der Waals surface area contributed by atoms with Gasteiger partial charge in [0.2, 0.25) is 11.1 Å². The van der Waals surface area contributed by atoms with E-state index in [1.54, 1.807) is 4.68 Å². The summed E-state index contributed by atoms with van der Waals surface area (Å²) in [7, 11) is 0. The summed E-state index contributed by atoms with van der Waals surface area (Å²) >= 11 is 1.38. The van der Waals surface area contributed by atoms with E-state index in [1.165, 1.54) is 11.8 Å². The average molecular weight is 382 g/mol. The molecule has 1 heterocycles. The molecule has 0 N–H and O–H groups in total. The number of nitrogens with zero attached hydrogens (tertiary/aromatic N) is 5. The number of rotatable bonds is 7. The number of carbonyl (C=O) groups is 1. The summed E-state index contributed by atoms with van der Waals surface area (Å²) in [6.45, 7) is 7.34. The molecule has 2 aromatic carbocycles. The summed E-state index contributed by atoms with van der Waals surface area (Å²) < 4.78 is 1.70. The molecule has 3 aromatic rings. The minimum absolute atomic E-state index is 0.0653. The van der Waals surface area contributed by atoms with Crippen molar-refractivity contribution >= 4 is 17.7 Å². The van der Waals surface area contributed by atoms with Crippen molar-refractivity contribution in [3.8, 4) is 5.69 Å². The van der Waals surface area contributed by atoms with E-state index in [9.17, 15) is 4.79 Å². The third-order valence-corrected chi connectivity index (χ3v) is 5.58. The molecular formula is C20H23N5OS. The number of para-hydroxylation sites is 1. The summed E-state index contributed by atoms with van der Waals surface area (Å²) in [5.74, 6) is 0.0653. The second kappa shape index (κ2) is 8.81. The molecule has 0 fully saturated rings. The van der Waals surface area contributed by atoms with Crippen molar-refractivity contribution in [3.05, 3.63) is 65.7 Å². The third-order valence-electron chi connectivity index (χ3n) is 4.41. The van der Waals surface area contributed by atoms with Gasteiger partial charge in [-0.3, -0.25) is 4.79 Å². The minimum Gasteiger partial charge on any atom is -0.342 e. The number of thioether (sulfide) groups is 1. The van der Waals surface area contributed by atoms with Crippen molar-refractivity contribution < 1.29 is 4.79 Å². The van der Waals surface area contributed by atoms with E-state index in [-0.39, 0.29) is 5.91 Å². The maximum absolute atomic E-state index is 13.2. The summed E-state index contributed by atoms with van der Waals surface area (Å²) in [4.78, 5) is 15.0. The van der Waals surface area contributed by atoms with Crippen molar-refractivity contribution in [2.75, 3.05) is 13.1 Å². The number of hydrogen-bond acceptors (Lipinski definition) is 5. The first-order chi connectivity index (χ1) is 13.2. The Morgan fingerprint density at radius 3 is 2.41 bits per heavy atom. The SMILES string of the molecule is CCN(CC)C(=O)C(Sc1nnnn1-c1ccccc1C)c1ccccc1. The van der Waals surface area contributed by atoms with Crippen LogP contribution in [0.5, 0.6) is 0 Å². The molecule has 1 aromatic heterocycles. The lowest BCUT2D eigenvalue weighted by Gasteiger charge is -2.24. The zero-order valence-corrected chi connectivity index (χ0v) is 16.6. The smallest absolute Gasteiger partial charge is 0.240 e. The Morgan fingerprint density at radius 2 is 1.74 bits per heavy atom. The van der Waals surface area contributed by atoms with E-state index in [0.29, 0.717) is 18.2 Å². The topological polar surface area (TPSA) is 63.9 Å². The highest BCUT2D eigenvalue weighted by Crippen LogP contribution is 2.36. The summed E-state index contributed by atoms with van der Waals surface area (Å²) in [6, 6.07) is 17.7. The maximum atomic E-state index is 13.2. The number of aromatic nitrogens is 4. The van der Waals surface area contributed by atoms with Crippen molar-refractivity contribution in [2.24, 2.45) is 0 Å². The van der Waals surface area contributed by atoms with Crippen LogP contribution in [0.3, 0.4) is 0 Å². The lowest BCUT2D eigenvalue weighted by Crippen LogP contribution is -2.34. The molecule has 1 amide bonds. The molecule has 0 saturated heterocycles. The minimum atomic E-state index is -0.403. The van der Waals surface area contributed by atoms with Gasteiger partial charge in [-0.1, -0.05) is 60.3 Å². The van der Waals surface area contributed by atoms with Gasteiger partial charge in [-0.05, 0) is 48.4 Å². The molecule has 0 bridgehead atoms. The van der Waals surface area contributed by atoms with Crippen LogP contribution in [-0.2, 0) is 4.79 Å². The van der Waals surface area contributed by atoms with E-state index >= 15 is 0 Å². The average Bonchev–Trinajstić information content (AvgIpc) is 3.16. The molecule has 0 spiro atoms. The number of likely N-dealkylation sites (N-methyl/N-ethyl adjacent to an activating group) is 1. The predicted octanol–water partition coefficient (Wildman–Crippen LogP) is 3.67. The monoisotopic (exact) mass is 381 g/mol. The fraction of sp³-hybridized carbons (Fsp3) is 0.300. The molecule has 0 radical (unpaired) electrons. The number of tetrazole rings is 1. The molecule has 6 nitrogen and oxygen atoms in total. The van der Waals surface area contributed by atoms with Crippen LogP contribution in [0, 0.1) is 6.92 Å². The van der Waals surface area contributed by atoms with E-state index < -0.39 is 5.25 Å². The Balaban J connectivity index is 1.98. The fourth-order valence-corrected chi connectivity index (χ4v) is 3.97. The molecule has 1 atom stereocenters. The Kier molecular flexibility index (Phi) is 6.24. The van der Waals surface area contributed by atoms with Crippen LogP contribution < -0.4 is 0 Å². The van der Waals surface area contributed by atoms with E-state index in [2.05, 4.69) is 15.5 Å². The van der Waals surface area contributed by atoms with Gasteiger partial charge in [0.1, 0.15) is 5.25 Å². The molecule has 27 heavy (non-hydrogen) atoms. The Hall–Kier alpha value is -2.67. The first-order valence-electron chi connectivity index (χ1n) is 9.00. The standard InChI is InChI=1S/C20H23N5OS/c1-4-24(5-2)19(26)18(16-12-7-6-8-13-16)27-20-21-22-23-25(20)17-14-10-9-11-15(17)3/h6-14,18H,4-5H2,1-3H3. The van der Waals surface area contributed by atoms with Gasteiger partial charge in [-0.25, -0.2) is 0 Å². The van der Waals surface area contributed by atoms with Gasteiger partial charge >= 0.3 is 0 Å². The Labute approximate surface area is 163 Å². The normalized spacial score (nSPS) is 12.0. The molecule has 140 valence electrons. The van der Waals surface area contributed by atoms with Gasteiger partial charge in [0, 0.05) is 13.1 Å². The molecule has 3 rings (SSSR count). The van der Waals surface area contributed by atoms with Crippen LogP contribution >= 0.6 is 11.8 Å². The van der Waals surface area contributed by atoms with Crippen molar-refractivity contribution in [3.63, 3.8) is 0 Å². The van der Waals surface area contributed by atoms with Gasteiger partial charge < -0.3 is 4.90 Å². The second-order valence-electron chi connectivity index (χ2n) is 6.08. The van der Waals surface area contributed by atoms with E-state index in [0.717, 1.165) is 16.8 Å². The van der Waals surface area contributed by atoms with E-state index in [4.69, 9.17) is 0 Å². The predicted molar refractivity (Wildman–Crippen MR) is 107 cm³/mol. The van der Waals surface area contributed by atoms with Crippen molar-refractivity contribution in [1.82, 2.24) is 25.1 Å². The Bertz CT molecular complexity index is 892. The molecule has 0 aliphatic carbocycles. The van der Waals surface area contributed by atoms with Gasteiger partial charge in [-0.2, -0.15) is 4.68 Å². The van der Waals surface area contributed by atoms with Crippen molar-refractivity contribution in [1.29, 1.82) is 0 Å². The lowest BCUT2D eigenvalue weighted by atomic mass is 10.1. The second-order valence-corrected chi connectivity index (χ2v) is 7.15. The molecular weight excluding hydrogens is 358 g/mol. The van der Waals surface area contributed by atoms with Crippen LogP contribution in [0.1, 0.15) is 30.2 Å². The number of amides is 1. The number of hydrogen-bond donors (Lipinski definition) is 0. The van der Waals surface area contributed by atoms with Crippen LogP contribution in [0.25, 0.3) is 5.69 Å². The van der Waals surface area contributed by atoms with E-state index in [1.807, 2.05) is 80.3 Å². The first kappa shape index (κ1) is 19.1. The molecule has 0 aliphatic rings. The highest BCUT2D eigenvalue weighted by atomic mass is 32.2. The van der Waals surface area contributed by atoms with Crippen LogP contribution in [0.2, 0.25) is 0 Å². The number of benzene rings is 2. The highest BCUT2D eigenvalue weighted by Gasteiger charge is 2.28. The first-order valence-corrected chi connectivity index (χ1v) is 9.88. The lowest BCUT2D eigenvalue weighted by molar-refractivity contribution is -0.130. The highest BCUT2D eigenvalue weighted by molar-refractivity contribution is 8.00. The largest absolute Gasteiger partial charge is 0.342 e. The quantitative estimate of drug-likeness (QED) is 0.584. The van der Waals surface area contributed by atoms with Gasteiger partial charge in [0.05, 0.1) is 5.69 Å². The molecule has 0 aliphatic heterocycles.